The maximum Gasteiger partial charge on any atom is 0.194 e. The SMILES string of the molecule is CC(C)(C)NCCCc1ncc(-c2sccc2Cl)o1. The molecule has 0 atom stereocenters. The van der Waals surface area contributed by atoms with Crippen molar-refractivity contribution in [1.29, 1.82) is 0 Å². The Morgan fingerprint density at radius 1 is 1.42 bits per heavy atom. The highest BCUT2D eigenvalue weighted by molar-refractivity contribution is 7.14. The van der Waals surface area contributed by atoms with Crippen LogP contribution in [0.5, 0.6) is 0 Å². The summed E-state index contributed by atoms with van der Waals surface area (Å²) < 4.78 is 5.73. The summed E-state index contributed by atoms with van der Waals surface area (Å²) in [7, 11) is 0. The Balaban J connectivity index is 1.87. The second-order valence-electron chi connectivity index (χ2n) is 5.50. The molecule has 0 saturated heterocycles. The van der Waals surface area contributed by atoms with Crippen LogP contribution in [0.4, 0.5) is 0 Å². The van der Waals surface area contributed by atoms with Crippen LogP contribution in [0.1, 0.15) is 33.1 Å². The van der Waals surface area contributed by atoms with Crippen LogP contribution in [0.3, 0.4) is 0 Å². The highest BCUT2D eigenvalue weighted by Gasteiger charge is 2.12. The summed E-state index contributed by atoms with van der Waals surface area (Å²) in [4.78, 5) is 5.25. The molecule has 0 bridgehead atoms. The predicted molar refractivity (Wildman–Crippen MR) is 80.9 cm³/mol. The molecule has 2 rings (SSSR count). The predicted octanol–water partition coefficient (Wildman–Crippen LogP) is 4.38. The summed E-state index contributed by atoms with van der Waals surface area (Å²) in [6.45, 7) is 7.44. The Hall–Kier alpha value is -0.840. The van der Waals surface area contributed by atoms with Gasteiger partial charge in [0.25, 0.3) is 0 Å². The lowest BCUT2D eigenvalue weighted by atomic mass is 10.1. The summed E-state index contributed by atoms with van der Waals surface area (Å²) >= 11 is 7.64. The van der Waals surface area contributed by atoms with E-state index in [1.807, 2.05) is 11.4 Å². The van der Waals surface area contributed by atoms with Crippen molar-refractivity contribution >= 4 is 22.9 Å². The van der Waals surface area contributed by atoms with Gasteiger partial charge in [-0.15, -0.1) is 11.3 Å². The zero-order valence-corrected chi connectivity index (χ0v) is 13.1. The van der Waals surface area contributed by atoms with E-state index >= 15 is 0 Å². The Labute approximate surface area is 123 Å². The van der Waals surface area contributed by atoms with Crippen LogP contribution in [-0.4, -0.2) is 17.1 Å². The number of hydrogen-bond donors (Lipinski definition) is 1. The fourth-order valence-electron chi connectivity index (χ4n) is 1.70. The second kappa shape index (κ2) is 6.07. The van der Waals surface area contributed by atoms with Crippen molar-refractivity contribution in [3.63, 3.8) is 0 Å². The summed E-state index contributed by atoms with van der Waals surface area (Å²) in [5.41, 5.74) is 0.159. The van der Waals surface area contributed by atoms with Gasteiger partial charge < -0.3 is 9.73 Å². The minimum absolute atomic E-state index is 0.159. The second-order valence-corrected chi connectivity index (χ2v) is 6.82. The van der Waals surface area contributed by atoms with Gasteiger partial charge in [0.2, 0.25) is 0 Å². The Bertz CT molecular complexity index is 528. The van der Waals surface area contributed by atoms with Crippen LogP contribution in [-0.2, 0) is 6.42 Å². The van der Waals surface area contributed by atoms with E-state index in [1.165, 1.54) is 0 Å². The van der Waals surface area contributed by atoms with Crippen molar-refractivity contribution in [2.75, 3.05) is 6.54 Å². The molecule has 0 aromatic carbocycles. The maximum absolute atomic E-state index is 6.07. The van der Waals surface area contributed by atoms with E-state index in [0.29, 0.717) is 0 Å². The number of thiophene rings is 1. The van der Waals surface area contributed by atoms with Gasteiger partial charge in [-0.25, -0.2) is 4.98 Å². The third-order valence-electron chi connectivity index (χ3n) is 2.62. The summed E-state index contributed by atoms with van der Waals surface area (Å²) in [6, 6.07) is 1.87. The number of hydrogen-bond acceptors (Lipinski definition) is 4. The number of halogens is 1. The van der Waals surface area contributed by atoms with Gasteiger partial charge in [-0.2, -0.15) is 0 Å². The van der Waals surface area contributed by atoms with Crippen LogP contribution >= 0.6 is 22.9 Å². The van der Waals surface area contributed by atoms with Crippen molar-refractivity contribution in [1.82, 2.24) is 10.3 Å². The topological polar surface area (TPSA) is 38.1 Å². The molecule has 2 heterocycles. The highest BCUT2D eigenvalue weighted by atomic mass is 35.5. The van der Waals surface area contributed by atoms with Crippen molar-refractivity contribution in [2.24, 2.45) is 0 Å². The van der Waals surface area contributed by atoms with Gasteiger partial charge >= 0.3 is 0 Å². The quantitative estimate of drug-likeness (QED) is 0.833. The van der Waals surface area contributed by atoms with Crippen LogP contribution in [0.15, 0.2) is 22.1 Å². The number of aryl methyl sites for hydroxylation is 1. The van der Waals surface area contributed by atoms with Gasteiger partial charge in [-0.3, -0.25) is 0 Å². The molecule has 0 radical (unpaired) electrons. The Kier molecular flexibility index (Phi) is 4.66. The number of oxazole rings is 1. The summed E-state index contributed by atoms with van der Waals surface area (Å²) in [5.74, 6) is 1.54. The van der Waals surface area contributed by atoms with E-state index in [9.17, 15) is 0 Å². The van der Waals surface area contributed by atoms with E-state index in [0.717, 1.165) is 40.9 Å². The fraction of sp³-hybridized carbons (Fsp3) is 0.500. The number of aromatic nitrogens is 1. The molecule has 1 N–H and O–H groups in total. The van der Waals surface area contributed by atoms with E-state index in [1.54, 1.807) is 17.5 Å². The Morgan fingerprint density at radius 2 is 2.21 bits per heavy atom. The molecule has 0 fully saturated rings. The molecule has 2 aromatic rings. The third-order valence-corrected chi connectivity index (χ3v) is 3.97. The average Bonchev–Trinajstić information content (AvgIpc) is 2.91. The molecule has 0 aliphatic carbocycles. The molecule has 5 heteroatoms. The van der Waals surface area contributed by atoms with Gasteiger partial charge in [-0.05, 0) is 45.2 Å². The van der Waals surface area contributed by atoms with Crippen molar-refractivity contribution in [2.45, 2.75) is 39.2 Å². The summed E-state index contributed by atoms with van der Waals surface area (Å²) in [6.07, 6.45) is 3.60. The molecule has 0 saturated carbocycles. The third kappa shape index (κ3) is 4.34. The average molecular weight is 299 g/mol. The molecule has 0 spiro atoms. The van der Waals surface area contributed by atoms with Gasteiger partial charge in [-0.1, -0.05) is 11.6 Å². The smallest absolute Gasteiger partial charge is 0.194 e. The van der Waals surface area contributed by atoms with Gasteiger partial charge in [0, 0.05) is 12.0 Å². The molecule has 19 heavy (non-hydrogen) atoms. The largest absolute Gasteiger partial charge is 0.440 e. The molecule has 3 nitrogen and oxygen atoms in total. The lowest BCUT2D eigenvalue weighted by molar-refractivity contribution is 0.413. The normalized spacial score (nSPS) is 12.0. The zero-order valence-electron chi connectivity index (χ0n) is 11.5. The lowest BCUT2D eigenvalue weighted by Crippen LogP contribution is -2.36. The van der Waals surface area contributed by atoms with Crippen molar-refractivity contribution < 1.29 is 4.42 Å². The van der Waals surface area contributed by atoms with Crippen molar-refractivity contribution in [3.05, 3.63) is 28.6 Å². The van der Waals surface area contributed by atoms with Crippen LogP contribution in [0.2, 0.25) is 5.02 Å². The van der Waals surface area contributed by atoms with E-state index in [2.05, 4.69) is 31.1 Å². The van der Waals surface area contributed by atoms with Crippen LogP contribution in [0.25, 0.3) is 10.6 Å². The molecular weight excluding hydrogens is 280 g/mol. The van der Waals surface area contributed by atoms with Gasteiger partial charge in [0.1, 0.15) is 0 Å². The first kappa shape index (κ1) is 14.6. The van der Waals surface area contributed by atoms with E-state index < -0.39 is 0 Å². The number of rotatable bonds is 5. The highest BCUT2D eigenvalue weighted by Crippen LogP contribution is 2.33. The first-order valence-electron chi connectivity index (χ1n) is 6.39. The molecule has 0 unspecified atom stereocenters. The van der Waals surface area contributed by atoms with Crippen LogP contribution in [0, 0.1) is 0 Å². The molecular formula is C14H19ClN2OS. The molecule has 0 aliphatic heterocycles. The maximum atomic E-state index is 6.07. The van der Waals surface area contributed by atoms with Crippen LogP contribution < -0.4 is 5.32 Å². The molecule has 0 amide bonds. The molecule has 2 aromatic heterocycles. The Morgan fingerprint density at radius 3 is 2.84 bits per heavy atom. The minimum Gasteiger partial charge on any atom is -0.440 e. The first-order chi connectivity index (χ1) is 8.96. The monoisotopic (exact) mass is 298 g/mol. The molecule has 104 valence electrons. The lowest BCUT2D eigenvalue weighted by Gasteiger charge is -2.19. The number of nitrogens with zero attached hydrogens (tertiary/aromatic N) is 1. The van der Waals surface area contributed by atoms with Gasteiger partial charge in [0.05, 0.1) is 16.1 Å². The van der Waals surface area contributed by atoms with E-state index in [-0.39, 0.29) is 5.54 Å². The van der Waals surface area contributed by atoms with Gasteiger partial charge in [0.15, 0.2) is 11.7 Å². The molecule has 0 aliphatic rings. The summed E-state index contributed by atoms with van der Waals surface area (Å²) in [5, 5.41) is 6.12. The van der Waals surface area contributed by atoms with Crippen molar-refractivity contribution in [3.8, 4) is 10.6 Å². The standard InChI is InChI=1S/C14H19ClN2OS/c1-14(2,3)17-7-4-5-12-16-9-11(18-12)13-10(15)6-8-19-13/h6,8-9,17H,4-5,7H2,1-3H3. The zero-order chi connectivity index (χ0) is 13.9. The van der Waals surface area contributed by atoms with E-state index in [4.69, 9.17) is 16.0 Å². The fourth-order valence-corrected chi connectivity index (χ4v) is 2.80. The first-order valence-corrected chi connectivity index (χ1v) is 7.64. The number of nitrogens with one attached hydrogen (secondary N) is 1. The minimum atomic E-state index is 0.159.